The van der Waals surface area contributed by atoms with Gasteiger partial charge in [-0.05, 0) is 194 Å². The predicted octanol–water partition coefficient (Wildman–Crippen LogP) is 25.8. The van der Waals surface area contributed by atoms with Crippen molar-refractivity contribution in [2.24, 2.45) is 0 Å². The third kappa shape index (κ3) is 11.3. The number of aryl methyl sites for hydroxylation is 7. The standard InChI is InChI=1S/2C23H17N.C22H16N2.C15H15N.C14H14N2/c1-16-7-6-11-21-20-10-4-5-12-22(20)24(23(16)21)19-14-13-17-8-2-3-9-18(17)15-19;1-16-10-13-23-21(14-16)20-8-4-5-9-22(20)24(23)19-12-11-17-6-2-3-7-18(17)15-19;1-15-6-4-9-19-20-10-5-13-23-22(20)24(21(15)19)18-12-11-16-7-2-3-8-17(16)14-18;1-3-16-14-10-5-4-8-12(14)13-9-6-7-11(2)15(13)16;1-3-16-13-10(2)6-4-7-11(13)12-8-5-9-15-14(12)16/h2*2-15H,1H3;2-14H,1H3;4-10H,3H2,1-2H3;4-9H,3H2,1-2H3. The van der Waals surface area contributed by atoms with Gasteiger partial charge in [-0.25, -0.2) is 9.97 Å². The zero-order chi connectivity index (χ0) is 70.5. The van der Waals surface area contributed by atoms with E-state index in [0.717, 1.165) is 30.1 Å². The SMILES string of the molecule is CCn1c2ccccc2c2cccc(C)c21.CCn1c2ncccc2c2cccc(C)c21.Cc1ccc2c(c1)c1ccccc1n2-c1ccc2ccccc2c1.Cc1cccc2c3ccccc3n(-c3ccc4ccccc4c3)c12.Cc1cccc2c3cccnc3n(-c3ccc4ccccc4c3)c12. The first kappa shape index (κ1) is 64.5. The van der Waals surface area contributed by atoms with E-state index < -0.39 is 0 Å². The quantitative estimate of drug-likeness (QED) is 0.172. The van der Waals surface area contributed by atoms with Gasteiger partial charge in [0.1, 0.15) is 11.3 Å². The highest BCUT2D eigenvalue weighted by atomic mass is 15.1. The first-order chi connectivity index (χ1) is 51.1. The van der Waals surface area contributed by atoms with Crippen LogP contribution >= 0.6 is 0 Å². The largest absolute Gasteiger partial charge is 0.341 e. The van der Waals surface area contributed by atoms with Crippen molar-refractivity contribution in [3.05, 3.63) is 356 Å². The van der Waals surface area contributed by atoms with Crippen molar-refractivity contribution in [3.63, 3.8) is 0 Å². The Labute approximate surface area is 605 Å². The maximum absolute atomic E-state index is 4.68. The van der Waals surface area contributed by atoms with Gasteiger partial charge in [-0.15, -0.1) is 0 Å². The Morgan fingerprint density at radius 3 is 1.11 bits per heavy atom. The van der Waals surface area contributed by atoms with E-state index in [2.05, 4.69) is 385 Å². The minimum atomic E-state index is 0.960. The van der Waals surface area contributed by atoms with E-state index in [0.29, 0.717) is 0 Å². The molecule has 0 saturated heterocycles. The van der Waals surface area contributed by atoms with E-state index >= 15 is 0 Å². The van der Waals surface area contributed by atoms with Gasteiger partial charge in [-0.2, -0.15) is 0 Å². The Morgan fingerprint density at radius 1 is 0.231 bits per heavy atom. The van der Waals surface area contributed by atoms with Crippen LogP contribution in [0.1, 0.15) is 41.7 Å². The lowest BCUT2D eigenvalue weighted by Crippen LogP contribution is -1.96. The second kappa shape index (κ2) is 27.3. The van der Waals surface area contributed by atoms with Gasteiger partial charge in [-0.3, -0.25) is 4.57 Å². The number of hydrogen-bond donors (Lipinski definition) is 0. The fraction of sp³-hybridized carbons (Fsp3) is 0.0928. The second-order valence-electron chi connectivity index (χ2n) is 27.3. The van der Waals surface area contributed by atoms with E-state index in [-0.39, 0.29) is 0 Å². The average molecular weight is 1340 g/mol. The Bertz CT molecular complexity index is 6520. The summed E-state index contributed by atoms with van der Waals surface area (Å²) < 4.78 is 11.7. The van der Waals surface area contributed by atoms with Crippen molar-refractivity contribution in [3.8, 4) is 17.1 Å². The number of para-hydroxylation sites is 7. The van der Waals surface area contributed by atoms with Crippen LogP contribution in [0.4, 0.5) is 0 Å². The van der Waals surface area contributed by atoms with Crippen LogP contribution in [-0.4, -0.2) is 32.8 Å². The van der Waals surface area contributed by atoms with Crippen LogP contribution in [0.5, 0.6) is 0 Å². The second-order valence-corrected chi connectivity index (χ2v) is 27.3. The van der Waals surface area contributed by atoms with Crippen molar-refractivity contribution < 1.29 is 0 Å². The molecule has 7 heterocycles. The van der Waals surface area contributed by atoms with Gasteiger partial charge < -0.3 is 18.3 Å². The Hall–Kier alpha value is -12.8. The molecule has 14 aromatic carbocycles. The van der Waals surface area contributed by atoms with Crippen LogP contribution in [-0.2, 0) is 13.1 Å². The molecule has 0 spiro atoms. The summed E-state index contributed by atoms with van der Waals surface area (Å²) in [6.07, 6.45) is 3.73. The summed E-state index contributed by atoms with van der Waals surface area (Å²) in [6.45, 7) is 17.2. The van der Waals surface area contributed by atoms with Crippen molar-refractivity contribution in [1.82, 2.24) is 32.8 Å². The van der Waals surface area contributed by atoms with E-state index in [1.54, 1.807) is 0 Å². The summed E-state index contributed by atoms with van der Waals surface area (Å²) in [5.74, 6) is 0. The lowest BCUT2D eigenvalue weighted by Gasteiger charge is -2.10. The highest BCUT2D eigenvalue weighted by Crippen LogP contribution is 2.39. The normalized spacial score (nSPS) is 11.5. The third-order valence-corrected chi connectivity index (χ3v) is 20.9. The lowest BCUT2D eigenvalue weighted by molar-refractivity contribution is 0.814. The molecule has 0 atom stereocenters. The molecule has 0 N–H and O–H groups in total. The number of rotatable bonds is 5. The van der Waals surface area contributed by atoms with Crippen LogP contribution in [0.25, 0.3) is 159 Å². The van der Waals surface area contributed by atoms with Gasteiger partial charge in [0.05, 0.1) is 38.6 Å². The lowest BCUT2D eigenvalue weighted by atomic mass is 10.1. The zero-order valence-corrected chi connectivity index (χ0v) is 59.7. The van der Waals surface area contributed by atoms with Crippen LogP contribution in [0.3, 0.4) is 0 Å². The molecule has 0 radical (unpaired) electrons. The number of hydrogen-bond acceptors (Lipinski definition) is 2. The maximum Gasteiger partial charge on any atom is 0.145 e. The summed E-state index contributed by atoms with van der Waals surface area (Å²) in [5.41, 5.74) is 22.6. The van der Waals surface area contributed by atoms with Crippen molar-refractivity contribution in [1.29, 1.82) is 0 Å². The van der Waals surface area contributed by atoms with Gasteiger partial charge in [-0.1, -0.05) is 230 Å². The van der Waals surface area contributed by atoms with E-state index in [4.69, 9.17) is 0 Å². The summed E-state index contributed by atoms with van der Waals surface area (Å²) in [7, 11) is 0. The van der Waals surface area contributed by atoms with E-state index in [9.17, 15) is 0 Å². The molecule has 0 aliphatic carbocycles. The summed E-state index contributed by atoms with van der Waals surface area (Å²) >= 11 is 0. The first-order valence-corrected chi connectivity index (χ1v) is 36.2. The van der Waals surface area contributed by atoms with Gasteiger partial charge in [0, 0.05) is 102 Å². The Balaban J connectivity index is 0.0000000973. The molecule has 21 rings (SSSR count). The number of fused-ring (bicyclic) bond motifs is 18. The molecule has 7 heteroatoms. The highest BCUT2D eigenvalue weighted by molar-refractivity contribution is 6.13. The molecule has 0 bridgehead atoms. The fourth-order valence-electron chi connectivity index (χ4n) is 16.2. The molecule has 7 nitrogen and oxygen atoms in total. The molecule has 0 aliphatic heterocycles. The summed E-state index contributed by atoms with van der Waals surface area (Å²) in [6, 6.07) is 113. The fourth-order valence-corrected chi connectivity index (χ4v) is 16.2. The molecule has 502 valence electrons. The highest BCUT2D eigenvalue weighted by Gasteiger charge is 2.19. The van der Waals surface area contributed by atoms with Crippen molar-refractivity contribution in [2.75, 3.05) is 0 Å². The molecule has 0 fully saturated rings. The first-order valence-electron chi connectivity index (χ1n) is 36.2. The minimum absolute atomic E-state index is 0.960. The molecular formula is C97H79N7. The van der Waals surface area contributed by atoms with Crippen molar-refractivity contribution in [2.45, 2.75) is 61.6 Å². The molecule has 0 unspecified atom stereocenters. The zero-order valence-electron chi connectivity index (χ0n) is 59.7. The van der Waals surface area contributed by atoms with Crippen LogP contribution in [0.2, 0.25) is 0 Å². The molecular weight excluding hydrogens is 1260 g/mol. The van der Waals surface area contributed by atoms with Crippen LogP contribution in [0, 0.1) is 34.6 Å². The average Bonchev–Trinajstić information content (AvgIpc) is 1.65. The topological polar surface area (TPSA) is 50.4 Å². The Morgan fingerprint density at radius 2 is 0.577 bits per heavy atom. The van der Waals surface area contributed by atoms with Gasteiger partial charge in [0.25, 0.3) is 0 Å². The van der Waals surface area contributed by atoms with E-state index in [1.165, 1.54) is 170 Å². The van der Waals surface area contributed by atoms with Gasteiger partial charge in [0.15, 0.2) is 0 Å². The maximum atomic E-state index is 4.68. The molecule has 0 saturated carbocycles. The molecule has 21 aromatic rings. The van der Waals surface area contributed by atoms with Crippen LogP contribution in [0.15, 0.2) is 328 Å². The Kier molecular flexibility index (Phi) is 16.9. The number of pyridine rings is 2. The summed E-state index contributed by atoms with van der Waals surface area (Å²) in [5, 5.41) is 20.6. The van der Waals surface area contributed by atoms with Gasteiger partial charge in [0.2, 0.25) is 0 Å². The summed E-state index contributed by atoms with van der Waals surface area (Å²) in [4.78, 5) is 9.17. The predicted molar refractivity (Wildman–Crippen MR) is 444 cm³/mol. The minimum Gasteiger partial charge on any atom is -0.341 e. The monoisotopic (exact) mass is 1340 g/mol. The number of nitrogens with zero attached hydrogens (tertiary/aromatic N) is 7. The van der Waals surface area contributed by atoms with Crippen LogP contribution < -0.4 is 0 Å². The number of aromatic nitrogens is 7. The smallest absolute Gasteiger partial charge is 0.145 e. The van der Waals surface area contributed by atoms with Crippen molar-refractivity contribution >= 4 is 142 Å². The molecule has 104 heavy (non-hydrogen) atoms. The van der Waals surface area contributed by atoms with Gasteiger partial charge >= 0.3 is 0 Å². The molecule has 7 aromatic heterocycles. The van der Waals surface area contributed by atoms with E-state index in [1.807, 2.05) is 24.5 Å². The number of benzene rings is 14. The molecule has 0 amide bonds. The molecule has 0 aliphatic rings. The third-order valence-electron chi connectivity index (χ3n) is 20.9.